The van der Waals surface area contributed by atoms with Crippen LogP contribution in [-0.4, -0.2) is 57.9 Å². The van der Waals surface area contributed by atoms with Crippen molar-refractivity contribution >= 4 is 23.9 Å². The largest absolute Gasteiger partial charge is 0.468 e. The van der Waals surface area contributed by atoms with E-state index in [0.717, 1.165) is 11.1 Å². The normalized spacial score (nSPS) is 15.3. The van der Waals surface area contributed by atoms with Gasteiger partial charge in [-0.3, -0.25) is 14.4 Å². The average Bonchev–Trinajstić information content (AvgIpc) is 2.93. The Morgan fingerprint density at radius 1 is 1.00 bits per heavy atom. The summed E-state index contributed by atoms with van der Waals surface area (Å²) in [5, 5.41) is 5.18. The lowest BCUT2D eigenvalue weighted by atomic mass is 9.88. The van der Waals surface area contributed by atoms with E-state index in [0.29, 0.717) is 12.8 Å². The van der Waals surface area contributed by atoms with E-state index < -0.39 is 5.97 Å². The molecular formula is C31H44N2O6. The molecule has 214 valence electrons. The molecule has 8 heteroatoms. The minimum Gasteiger partial charge on any atom is -0.468 e. The summed E-state index contributed by atoms with van der Waals surface area (Å²) in [5.41, 5.74) is 1.92. The third kappa shape index (κ3) is 14.3. The molecular weight excluding hydrogens is 496 g/mol. The molecule has 1 aromatic carbocycles. The highest BCUT2D eigenvalue weighted by molar-refractivity contribution is 5.89. The Balaban J connectivity index is 2.52. The average molecular weight is 541 g/mol. The van der Waals surface area contributed by atoms with Gasteiger partial charge in [-0.25, -0.2) is 0 Å². The minimum atomic E-state index is -0.488. The van der Waals surface area contributed by atoms with E-state index in [4.69, 9.17) is 9.47 Å². The first kappa shape index (κ1) is 33.5. The van der Waals surface area contributed by atoms with Crippen LogP contribution in [-0.2, 0) is 28.6 Å². The molecule has 0 unspecified atom stereocenters. The van der Waals surface area contributed by atoms with Crippen LogP contribution in [0.1, 0.15) is 45.6 Å². The summed E-state index contributed by atoms with van der Waals surface area (Å²) in [6.07, 6.45) is 14.3. The molecule has 2 amide bonds. The van der Waals surface area contributed by atoms with Crippen molar-refractivity contribution in [3.8, 4) is 0 Å². The van der Waals surface area contributed by atoms with Crippen LogP contribution in [0.4, 0.5) is 0 Å². The van der Waals surface area contributed by atoms with Gasteiger partial charge in [-0.2, -0.15) is 0 Å². The van der Waals surface area contributed by atoms with Crippen molar-refractivity contribution in [2.24, 2.45) is 11.8 Å². The zero-order chi connectivity index (χ0) is 29.0. The quantitative estimate of drug-likeness (QED) is 0.130. The second-order valence-electron chi connectivity index (χ2n) is 9.29. The second kappa shape index (κ2) is 19.6. The molecule has 1 aromatic rings. The third-order valence-electron chi connectivity index (χ3n) is 6.17. The summed E-state index contributed by atoms with van der Waals surface area (Å²) in [6, 6.07) is 10.1. The first-order valence-corrected chi connectivity index (χ1v) is 13.2. The monoisotopic (exact) mass is 540 g/mol. The first-order valence-electron chi connectivity index (χ1n) is 13.2. The number of amides is 2. The van der Waals surface area contributed by atoms with Gasteiger partial charge >= 0.3 is 5.97 Å². The number of esters is 1. The molecule has 0 bridgehead atoms. The Morgan fingerprint density at radius 3 is 2.36 bits per heavy atom. The Hall–Kier alpha value is -3.49. The zero-order valence-electron chi connectivity index (χ0n) is 24.0. The van der Waals surface area contributed by atoms with E-state index in [1.807, 2.05) is 49.4 Å². The summed E-state index contributed by atoms with van der Waals surface area (Å²) in [7, 11) is 4.67. The highest BCUT2D eigenvalue weighted by Crippen LogP contribution is 2.24. The Bertz CT molecular complexity index is 1000. The number of nitrogens with one attached hydrogen (secondary N) is 2. The molecule has 2 N–H and O–H groups in total. The van der Waals surface area contributed by atoms with Gasteiger partial charge in [-0.05, 0) is 30.9 Å². The minimum absolute atomic E-state index is 0.0845. The SMILES string of the molecule is COC(=O)CNC(=O)CCC/C=C\NC(=O)/C=C(C)/C=C/[C@H](C)[C@H](OC)[C@H](C)[C@H](/C=C/c1ccccc1)OC. The zero-order valence-corrected chi connectivity index (χ0v) is 24.0. The summed E-state index contributed by atoms with van der Waals surface area (Å²) < 4.78 is 16.0. The molecule has 0 fully saturated rings. The number of rotatable bonds is 17. The number of allylic oxidation sites excluding steroid dienone is 3. The molecule has 0 spiro atoms. The summed E-state index contributed by atoms with van der Waals surface area (Å²) >= 11 is 0. The number of carbonyl (C=O) groups is 3. The molecule has 0 aliphatic heterocycles. The van der Waals surface area contributed by atoms with Gasteiger partial charge in [0, 0.05) is 44.8 Å². The predicted molar refractivity (Wildman–Crippen MR) is 154 cm³/mol. The molecule has 8 nitrogen and oxygen atoms in total. The van der Waals surface area contributed by atoms with Gasteiger partial charge in [0.2, 0.25) is 11.8 Å². The maximum absolute atomic E-state index is 12.2. The molecule has 4 atom stereocenters. The fraction of sp³-hybridized carbons (Fsp3) is 0.452. The van der Waals surface area contributed by atoms with Gasteiger partial charge in [-0.1, -0.05) is 74.6 Å². The topological polar surface area (TPSA) is 103 Å². The Morgan fingerprint density at radius 2 is 1.72 bits per heavy atom. The van der Waals surface area contributed by atoms with Crippen LogP contribution >= 0.6 is 0 Å². The molecule has 0 saturated heterocycles. The van der Waals surface area contributed by atoms with Gasteiger partial charge in [0.05, 0.1) is 19.3 Å². The number of benzene rings is 1. The van der Waals surface area contributed by atoms with Gasteiger partial charge in [0.25, 0.3) is 0 Å². The van der Waals surface area contributed by atoms with E-state index >= 15 is 0 Å². The van der Waals surface area contributed by atoms with Crippen LogP contribution in [0.3, 0.4) is 0 Å². The second-order valence-corrected chi connectivity index (χ2v) is 9.29. The van der Waals surface area contributed by atoms with Crippen LogP contribution < -0.4 is 10.6 Å². The lowest BCUT2D eigenvalue weighted by Gasteiger charge is -2.30. The van der Waals surface area contributed by atoms with Crippen molar-refractivity contribution in [1.82, 2.24) is 10.6 Å². The van der Waals surface area contributed by atoms with Gasteiger partial charge in [0.15, 0.2) is 0 Å². The van der Waals surface area contributed by atoms with E-state index in [-0.39, 0.29) is 48.8 Å². The number of hydrogen-bond donors (Lipinski definition) is 2. The number of unbranched alkanes of at least 4 members (excludes halogenated alkanes) is 1. The highest BCUT2D eigenvalue weighted by Gasteiger charge is 2.27. The molecule has 0 saturated carbocycles. The van der Waals surface area contributed by atoms with Crippen molar-refractivity contribution in [3.05, 3.63) is 78.0 Å². The van der Waals surface area contributed by atoms with Crippen molar-refractivity contribution in [2.45, 2.75) is 52.2 Å². The fourth-order valence-electron chi connectivity index (χ4n) is 3.98. The third-order valence-corrected chi connectivity index (χ3v) is 6.17. The van der Waals surface area contributed by atoms with E-state index in [2.05, 4.69) is 41.4 Å². The highest BCUT2D eigenvalue weighted by atomic mass is 16.5. The Kier molecular flexibility index (Phi) is 16.8. The van der Waals surface area contributed by atoms with Crippen LogP contribution in [0.25, 0.3) is 6.08 Å². The van der Waals surface area contributed by atoms with E-state index in [9.17, 15) is 14.4 Å². The summed E-state index contributed by atoms with van der Waals surface area (Å²) in [6.45, 7) is 5.93. The maximum atomic E-state index is 12.2. The van der Waals surface area contributed by atoms with E-state index in [1.54, 1.807) is 26.5 Å². The standard InChI is InChI=1S/C31H44N2O6/c1-23(21-29(35)32-20-12-8-11-15-28(34)33-22-30(36)38-5)16-17-24(2)31(39-6)25(3)27(37-4)19-18-26-13-9-7-10-14-26/h7,9-10,12-14,16-21,24-25,27,31H,8,11,15,22H2,1-6H3,(H,32,35)(H,33,34)/b17-16+,19-18+,20-12-,23-21+/t24-,25+,27-,31-/m0/s1. The fourth-order valence-corrected chi connectivity index (χ4v) is 3.98. The molecule has 1 rings (SSSR count). The van der Waals surface area contributed by atoms with Crippen molar-refractivity contribution < 1.29 is 28.6 Å². The number of methoxy groups -OCH3 is 3. The van der Waals surface area contributed by atoms with Crippen LogP contribution in [0.2, 0.25) is 0 Å². The number of ether oxygens (including phenoxy) is 3. The molecule has 0 radical (unpaired) electrons. The van der Waals surface area contributed by atoms with Crippen molar-refractivity contribution in [1.29, 1.82) is 0 Å². The lowest BCUT2D eigenvalue weighted by molar-refractivity contribution is -0.141. The maximum Gasteiger partial charge on any atom is 0.325 e. The van der Waals surface area contributed by atoms with Gasteiger partial charge in [-0.15, -0.1) is 0 Å². The first-order chi connectivity index (χ1) is 18.7. The lowest BCUT2D eigenvalue weighted by Crippen LogP contribution is -2.35. The molecule has 39 heavy (non-hydrogen) atoms. The van der Waals surface area contributed by atoms with Crippen molar-refractivity contribution in [2.75, 3.05) is 27.9 Å². The van der Waals surface area contributed by atoms with Crippen LogP contribution in [0.15, 0.2) is 72.5 Å². The van der Waals surface area contributed by atoms with Crippen molar-refractivity contribution in [3.63, 3.8) is 0 Å². The number of carbonyl (C=O) groups excluding carboxylic acids is 3. The van der Waals surface area contributed by atoms with E-state index in [1.165, 1.54) is 13.2 Å². The molecule has 0 aromatic heterocycles. The van der Waals surface area contributed by atoms with Gasteiger partial charge < -0.3 is 24.8 Å². The smallest absolute Gasteiger partial charge is 0.325 e. The molecule has 0 aliphatic rings. The molecule has 0 aliphatic carbocycles. The summed E-state index contributed by atoms with van der Waals surface area (Å²) in [4.78, 5) is 34.8. The van der Waals surface area contributed by atoms with Crippen LogP contribution in [0.5, 0.6) is 0 Å². The Labute approximate surface area is 233 Å². The van der Waals surface area contributed by atoms with Gasteiger partial charge in [0.1, 0.15) is 6.54 Å². The molecule has 0 heterocycles. The van der Waals surface area contributed by atoms with Crippen LogP contribution in [0, 0.1) is 11.8 Å². The predicted octanol–water partition coefficient (Wildman–Crippen LogP) is 4.59. The number of hydrogen-bond acceptors (Lipinski definition) is 6. The summed E-state index contributed by atoms with van der Waals surface area (Å²) in [5.74, 6) is -0.763.